The van der Waals surface area contributed by atoms with Crippen molar-refractivity contribution in [2.75, 3.05) is 6.54 Å². The molecule has 0 aromatic carbocycles. The topological polar surface area (TPSA) is 42.2 Å². The summed E-state index contributed by atoms with van der Waals surface area (Å²) in [6, 6.07) is 8.67. The van der Waals surface area contributed by atoms with E-state index < -0.39 is 0 Å². The fourth-order valence-corrected chi connectivity index (χ4v) is 2.97. The SMILES string of the molecule is CC(C)c1cc(CN2CCCC[C@@H]2c2ccccn2)no1. The molecule has 1 fully saturated rings. The van der Waals surface area contributed by atoms with Crippen LogP contribution in [0.4, 0.5) is 0 Å². The predicted molar refractivity (Wildman–Crippen MR) is 81.8 cm³/mol. The maximum Gasteiger partial charge on any atom is 0.139 e. The first-order chi connectivity index (χ1) is 10.2. The summed E-state index contributed by atoms with van der Waals surface area (Å²) in [5.41, 5.74) is 2.20. The molecule has 0 saturated carbocycles. The quantitative estimate of drug-likeness (QED) is 0.854. The molecule has 0 radical (unpaired) electrons. The van der Waals surface area contributed by atoms with E-state index in [1.165, 1.54) is 25.0 Å². The van der Waals surface area contributed by atoms with Crippen LogP contribution >= 0.6 is 0 Å². The second-order valence-electron chi connectivity index (χ2n) is 6.11. The van der Waals surface area contributed by atoms with Crippen LogP contribution in [0.25, 0.3) is 0 Å². The van der Waals surface area contributed by atoms with Crippen molar-refractivity contribution in [2.45, 2.75) is 51.6 Å². The molecule has 0 aliphatic carbocycles. The van der Waals surface area contributed by atoms with Gasteiger partial charge in [0.15, 0.2) is 0 Å². The first-order valence-corrected chi connectivity index (χ1v) is 7.84. The molecule has 0 N–H and O–H groups in total. The van der Waals surface area contributed by atoms with Crippen molar-refractivity contribution in [3.05, 3.63) is 47.6 Å². The molecule has 3 heterocycles. The molecule has 0 amide bonds. The minimum atomic E-state index is 0.388. The lowest BCUT2D eigenvalue weighted by molar-refractivity contribution is 0.133. The molecule has 3 rings (SSSR count). The van der Waals surface area contributed by atoms with Crippen molar-refractivity contribution in [3.8, 4) is 0 Å². The predicted octanol–water partition coefficient (Wildman–Crippen LogP) is 3.92. The largest absolute Gasteiger partial charge is 0.361 e. The Labute approximate surface area is 126 Å². The van der Waals surface area contributed by atoms with Gasteiger partial charge in [-0.3, -0.25) is 9.88 Å². The molecule has 112 valence electrons. The van der Waals surface area contributed by atoms with E-state index in [0.29, 0.717) is 12.0 Å². The van der Waals surface area contributed by atoms with E-state index in [0.717, 1.165) is 24.5 Å². The van der Waals surface area contributed by atoms with E-state index in [1.807, 2.05) is 12.3 Å². The summed E-state index contributed by atoms with van der Waals surface area (Å²) in [6.07, 6.45) is 5.58. The average Bonchev–Trinajstić information content (AvgIpc) is 2.98. The Morgan fingerprint density at radius 1 is 1.33 bits per heavy atom. The fraction of sp³-hybridized carbons (Fsp3) is 0.529. The van der Waals surface area contributed by atoms with Crippen molar-refractivity contribution >= 4 is 0 Å². The smallest absolute Gasteiger partial charge is 0.139 e. The second kappa shape index (κ2) is 6.39. The summed E-state index contributed by atoms with van der Waals surface area (Å²) in [5, 5.41) is 4.22. The van der Waals surface area contributed by atoms with Crippen molar-refractivity contribution in [1.29, 1.82) is 0 Å². The van der Waals surface area contributed by atoms with Crippen molar-refractivity contribution < 1.29 is 4.52 Å². The summed E-state index contributed by atoms with van der Waals surface area (Å²) in [5.74, 6) is 1.36. The lowest BCUT2D eigenvalue weighted by Gasteiger charge is -2.34. The fourth-order valence-electron chi connectivity index (χ4n) is 2.97. The monoisotopic (exact) mass is 285 g/mol. The van der Waals surface area contributed by atoms with Crippen molar-refractivity contribution in [1.82, 2.24) is 15.0 Å². The molecule has 1 aliphatic rings. The zero-order valence-corrected chi connectivity index (χ0v) is 12.8. The second-order valence-corrected chi connectivity index (χ2v) is 6.11. The maximum absolute atomic E-state index is 5.42. The van der Waals surface area contributed by atoms with Gasteiger partial charge in [-0.15, -0.1) is 0 Å². The minimum absolute atomic E-state index is 0.388. The van der Waals surface area contributed by atoms with Crippen LogP contribution in [0.15, 0.2) is 35.0 Å². The Morgan fingerprint density at radius 3 is 2.95 bits per heavy atom. The van der Waals surface area contributed by atoms with Crippen molar-refractivity contribution in [3.63, 3.8) is 0 Å². The van der Waals surface area contributed by atoms with Crippen LogP contribution in [0.3, 0.4) is 0 Å². The third kappa shape index (κ3) is 3.32. The van der Waals surface area contributed by atoms with Crippen molar-refractivity contribution in [2.24, 2.45) is 0 Å². The van der Waals surface area contributed by atoms with Crippen LogP contribution in [0, 0.1) is 0 Å². The van der Waals surface area contributed by atoms with Crippen LogP contribution in [0.2, 0.25) is 0 Å². The highest BCUT2D eigenvalue weighted by molar-refractivity contribution is 5.12. The standard InChI is InChI=1S/C17H23N3O/c1-13(2)17-11-14(19-21-17)12-20-10-6-4-8-16(20)15-7-3-5-9-18-15/h3,5,7,9,11,13,16H,4,6,8,10,12H2,1-2H3/t16-/m1/s1. The summed E-state index contributed by atoms with van der Waals surface area (Å²) < 4.78 is 5.42. The Kier molecular flexibility index (Phi) is 4.34. The number of rotatable bonds is 4. The third-order valence-electron chi connectivity index (χ3n) is 4.15. The first kappa shape index (κ1) is 14.3. The molecule has 1 saturated heterocycles. The average molecular weight is 285 g/mol. The molecule has 4 nitrogen and oxygen atoms in total. The van der Waals surface area contributed by atoms with E-state index in [4.69, 9.17) is 4.52 Å². The first-order valence-electron chi connectivity index (χ1n) is 7.84. The van der Waals surface area contributed by atoms with Crippen LogP contribution in [0.1, 0.15) is 62.2 Å². The number of piperidine rings is 1. The van der Waals surface area contributed by atoms with Crippen LogP contribution in [-0.2, 0) is 6.54 Å². The highest BCUT2D eigenvalue weighted by Gasteiger charge is 2.25. The zero-order valence-electron chi connectivity index (χ0n) is 12.8. The normalized spacial score (nSPS) is 20.0. The van der Waals surface area contributed by atoms with Gasteiger partial charge >= 0.3 is 0 Å². The summed E-state index contributed by atoms with van der Waals surface area (Å²) in [6.45, 7) is 6.20. The number of hydrogen-bond acceptors (Lipinski definition) is 4. The van der Waals surface area contributed by atoms with E-state index in [9.17, 15) is 0 Å². The molecule has 4 heteroatoms. The Hall–Kier alpha value is -1.68. The van der Waals surface area contributed by atoms with Gasteiger partial charge in [0.1, 0.15) is 5.76 Å². The Morgan fingerprint density at radius 2 is 2.24 bits per heavy atom. The number of nitrogens with zero attached hydrogens (tertiary/aromatic N) is 3. The molecule has 2 aromatic heterocycles. The molecular weight excluding hydrogens is 262 g/mol. The highest BCUT2D eigenvalue weighted by atomic mass is 16.5. The van der Waals surface area contributed by atoms with Gasteiger partial charge in [-0.25, -0.2) is 0 Å². The molecule has 0 spiro atoms. The van der Waals surface area contributed by atoms with Crippen LogP contribution in [-0.4, -0.2) is 21.6 Å². The number of pyridine rings is 1. The molecule has 1 aliphatic heterocycles. The van der Waals surface area contributed by atoms with Gasteiger partial charge in [0.25, 0.3) is 0 Å². The molecule has 0 unspecified atom stereocenters. The van der Waals surface area contributed by atoms with Gasteiger partial charge in [-0.2, -0.15) is 0 Å². The van der Waals surface area contributed by atoms with Gasteiger partial charge in [-0.1, -0.05) is 31.5 Å². The molecule has 21 heavy (non-hydrogen) atoms. The van der Waals surface area contributed by atoms with Gasteiger partial charge in [0.2, 0.25) is 0 Å². The molecule has 2 aromatic rings. The van der Waals surface area contributed by atoms with Gasteiger partial charge < -0.3 is 4.52 Å². The van der Waals surface area contributed by atoms with Crippen LogP contribution < -0.4 is 0 Å². The van der Waals surface area contributed by atoms with Gasteiger partial charge in [0, 0.05) is 24.7 Å². The van der Waals surface area contributed by atoms with E-state index in [2.05, 4.69) is 47.1 Å². The lowest BCUT2D eigenvalue weighted by Crippen LogP contribution is -2.33. The minimum Gasteiger partial charge on any atom is -0.361 e. The number of hydrogen-bond donors (Lipinski definition) is 0. The van der Waals surface area contributed by atoms with Gasteiger partial charge in [0.05, 0.1) is 17.4 Å². The third-order valence-corrected chi connectivity index (χ3v) is 4.15. The number of aromatic nitrogens is 2. The summed E-state index contributed by atoms with van der Waals surface area (Å²) in [4.78, 5) is 7.02. The van der Waals surface area contributed by atoms with E-state index >= 15 is 0 Å². The maximum atomic E-state index is 5.42. The molecule has 1 atom stereocenters. The zero-order chi connectivity index (χ0) is 14.7. The lowest BCUT2D eigenvalue weighted by atomic mass is 9.98. The Bertz CT molecular complexity index is 564. The van der Waals surface area contributed by atoms with Crippen LogP contribution in [0.5, 0.6) is 0 Å². The Balaban J connectivity index is 1.75. The summed E-state index contributed by atoms with van der Waals surface area (Å²) in [7, 11) is 0. The van der Waals surface area contributed by atoms with E-state index in [-0.39, 0.29) is 0 Å². The number of likely N-dealkylation sites (tertiary alicyclic amines) is 1. The molecular formula is C17H23N3O. The summed E-state index contributed by atoms with van der Waals surface area (Å²) >= 11 is 0. The van der Waals surface area contributed by atoms with Gasteiger partial charge in [-0.05, 0) is 31.5 Å². The molecule has 0 bridgehead atoms. The highest BCUT2D eigenvalue weighted by Crippen LogP contribution is 2.31. The van der Waals surface area contributed by atoms with E-state index in [1.54, 1.807) is 0 Å².